The number of Topliss-reactive ketones (excluding diaryl/α,β-unsaturated/α-hetero) is 1. The normalized spacial score (nSPS) is 14.2. The van der Waals surface area contributed by atoms with Crippen molar-refractivity contribution >= 4 is 33.5 Å². The number of nitrogens with zero attached hydrogens (tertiary/aromatic N) is 3. The van der Waals surface area contributed by atoms with Crippen molar-refractivity contribution in [1.29, 1.82) is 0 Å². The predicted molar refractivity (Wildman–Crippen MR) is 90.6 cm³/mol. The van der Waals surface area contributed by atoms with Gasteiger partial charge in [0.1, 0.15) is 0 Å². The zero-order chi connectivity index (χ0) is 15.5. The lowest BCUT2D eigenvalue weighted by Crippen LogP contribution is -2.13. The maximum atomic E-state index is 12.1. The third kappa shape index (κ3) is 3.70. The van der Waals surface area contributed by atoms with Crippen LogP contribution in [-0.4, -0.2) is 26.4 Å². The Morgan fingerprint density at radius 1 is 1.32 bits per heavy atom. The van der Waals surface area contributed by atoms with Gasteiger partial charge in [-0.2, -0.15) is 0 Å². The molecule has 0 radical (unpaired) electrons. The quantitative estimate of drug-likeness (QED) is 0.345. The van der Waals surface area contributed by atoms with Crippen LogP contribution in [0.1, 0.15) is 47.8 Å². The van der Waals surface area contributed by atoms with Crippen molar-refractivity contribution in [1.82, 2.24) is 14.9 Å². The van der Waals surface area contributed by atoms with Gasteiger partial charge in [0, 0.05) is 28.1 Å². The maximum absolute atomic E-state index is 12.1. The molecule has 0 atom stereocenters. The first-order chi connectivity index (χ1) is 10.6. The van der Waals surface area contributed by atoms with E-state index in [1.807, 2.05) is 24.3 Å². The van der Waals surface area contributed by atoms with Gasteiger partial charge in [-0.15, -0.1) is 10.2 Å². The zero-order valence-corrected chi connectivity index (χ0v) is 14.4. The molecule has 2 aromatic rings. The molecule has 0 aliphatic heterocycles. The molecule has 3 rings (SSSR count). The highest BCUT2D eigenvalue weighted by atomic mass is 79.9. The second kappa shape index (κ2) is 6.83. The second-order valence-corrected chi connectivity index (χ2v) is 7.34. The van der Waals surface area contributed by atoms with Crippen LogP contribution >= 0.6 is 27.7 Å². The first kappa shape index (κ1) is 15.6. The number of thioether (sulfide) groups is 1. The standard InChI is InChI=1S/C15H17BrN4OS/c16-12-7-5-10(6-8-12)13(21)2-1-9-22-15-19-18-14(20(15)17)11-3-4-11/h5-8,11H,1-4,9,17H2. The van der Waals surface area contributed by atoms with Crippen molar-refractivity contribution in [2.24, 2.45) is 0 Å². The Labute approximate surface area is 141 Å². The van der Waals surface area contributed by atoms with Crippen molar-refractivity contribution in [3.63, 3.8) is 0 Å². The van der Waals surface area contributed by atoms with Crippen molar-refractivity contribution in [2.45, 2.75) is 36.8 Å². The number of carbonyl (C=O) groups is 1. The van der Waals surface area contributed by atoms with Crippen molar-refractivity contribution < 1.29 is 4.79 Å². The number of nitrogens with two attached hydrogens (primary N) is 1. The number of benzene rings is 1. The maximum Gasteiger partial charge on any atom is 0.209 e. The average Bonchev–Trinajstić information content (AvgIpc) is 3.29. The number of nitrogen functional groups attached to an aromatic ring is 1. The molecule has 1 aromatic carbocycles. The highest BCUT2D eigenvalue weighted by Gasteiger charge is 2.29. The molecule has 1 aliphatic rings. The largest absolute Gasteiger partial charge is 0.336 e. The summed E-state index contributed by atoms with van der Waals surface area (Å²) >= 11 is 4.92. The summed E-state index contributed by atoms with van der Waals surface area (Å²) in [6.07, 6.45) is 3.64. The third-order valence-corrected chi connectivity index (χ3v) is 5.14. The molecule has 116 valence electrons. The number of hydrogen-bond acceptors (Lipinski definition) is 5. The number of aromatic nitrogens is 3. The minimum Gasteiger partial charge on any atom is -0.336 e. The van der Waals surface area contributed by atoms with Gasteiger partial charge in [0.2, 0.25) is 5.16 Å². The molecule has 0 bridgehead atoms. The summed E-state index contributed by atoms with van der Waals surface area (Å²) < 4.78 is 2.58. The molecule has 1 fully saturated rings. The number of hydrogen-bond donors (Lipinski definition) is 1. The smallest absolute Gasteiger partial charge is 0.209 e. The fourth-order valence-electron chi connectivity index (χ4n) is 2.18. The minimum atomic E-state index is 0.168. The lowest BCUT2D eigenvalue weighted by Gasteiger charge is -2.03. The van der Waals surface area contributed by atoms with Gasteiger partial charge in [0.05, 0.1) is 0 Å². The number of rotatable bonds is 7. The van der Waals surface area contributed by atoms with Crippen LogP contribution in [0.4, 0.5) is 0 Å². The monoisotopic (exact) mass is 380 g/mol. The van der Waals surface area contributed by atoms with Crippen LogP contribution in [0.25, 0.3) is 0 Å². The molecule has 1 saturated carbocycles. The van der Waals surface area contributed by atoms with E-state index >= 15 is 0 Å². The van der Waals surface area contributed by atoms with Crippen LogP contribution in [0.2, 0.25) is 0 Å². The lowest BCUT2D eigenvalue weighted by atomic mass is 10.1. The molecule has 0 saturated heterocycles. The van der Waals surface area contributed by atoms with Gasteiger partial charge >= 0.3 is 0 Å². The van der Waals surface area contributed by atoms with Crippen molar-refractivity contribution in [2.75, 3.05) is 11.6 Å². The molecule has 0 unspecified atom stereocenters. The van der Waals surface area contributed by atoms with Gasteiger partial charge < -0.3 is 5.84 Å². The summed E-state index contributed by atoms with van der Waals surface area (Å²) in [5.74, 6) is 8.34. The molecule has 22 heavy (non-hydrogen) atoms. The first-order valence-corrected chi connectivity index (χ1v) is 9.05. The molecule has 0 amide bonds. The molecule has 0 spiro atoms. The van der Waals surface area contributed by atoms with Gasteiger partial charge in [-0.3, -0.25) is 4.79 Å². The van der Waals surface area contributed by atoms with Gasteiger partial charge in [-0.05, 0) is 31.4 Å². The molecular weight excluding hydrogens is 364 g/mol. The third-order valence-electron chi connectivity index (χ3n) is 3.58. The average molecular weight is 381 g/mol. The number of carbonyl (C=O) groups excluding carboxylic acids is 1. The van der Waals surface area contributed by atoms with Crippen LogP contribution in [-0.2, 0) is 0 Å². The Kier molecular flexibility index (Phi) is 4.83. The first-order valence-electron chi connectivity index (χ1n) is 7.27. The SMILES string of the molecule is Nn1c(SCCCC(=O)c2ccc(Br)cc2)nnc1C1CC1. The van der Waals surface area contributed by atoms with E-state index in [1.165, 1.54) is 0 Å². The summed E-state index contributed by atoms with van der Waals surface area (Å²) in [5.41, 5.74) is 0.756. The minimum absolute atomic E-state index is 0.168. The Bertz CT molecular complexity index is 667. The zero-order valence-electron chi connectivity index (χ0n) is 12.0. The van der Waals surface area contributed by atoms with Crippen LogP contribution in [0.5, 0.6) is 0 Å². The van der Waals surface area contributed by atoms with E-state index in [4.69, 9.17) is 5.84 Å². The summed E-state index contributed by atoms with van der Waals surface area (Å²) in [5, 5.41) is 9.00. The van der Waals surface area contributed by atoms with Gasteiger partial charge in [0.15, 0.2) is 11.6 Å². The van der Waals surface area contributed by atoms with E-state index in [0.29, 0.717) is 12.3 Å². The summed E-state index contributed by atoms with van der Waals surface area (Å²) in [4.78, 5) is 12.1. The topological polar surface area (TPSA) is 73.8 Å². The summed E-state index contributed by atoms with van der Waals surface area (Å²) in [6.45, 7) is 0. The highest BCUT2D eigenvalue weighted by Crippen LogP contribution is 2.39. The Hall–Kier alpha value is -1.34. The van der Waals surface area contributed by atoms with E-state index in [-0.39, 0.29) is 5.78 Å². The number of halogens is 1. The fourth-order valence-corrected chi connectivity index (χ4v) is 3.25. The summed E-state index contributed by atoms with van der Waals surface area (Å²) in [6, 6.07) is 7.46. The molecule has 1 aliphatic carbocycles. The fraction of sp³-hybridized carbons (Fsp3) is 0.400. The van der Waals surface area contributed by atoms with Gasteiger partial charge in [-0.25, -0.2) is 4.68 Å². The van der Waals surface area contributed by atoms with Crippen LogP contribution < -0.4 is 5.84 Å². The Morgan fingerprint density at radius 2 is 2.05 bits per heavy atom. The second-order valence-electron chi connectivity index (χ2n) is 5.37. The Morgan fingerprint density at radius 3 is 2.73 bits per heavy atom. The summed E-state index contributed by atoms with van der Waals surface area (Å²) in [7, 11) is 0. The van der Waals surface area contributed by atoms with E-state index in [2.05, 4.69) is 26.1 Å². The molecule has 5 nitrogen and oxygen atoms in total. The molecule has 1 heterocycles. The van der Waals surface area contributed by atoms with Gasteiger partial charge in [-0.1, -0.05) is 39.8 Å². The molecule has 1 aromatic heterocycles. The highest BCUT2D eigenvalue weighted by molar-refractivity contribution is 9.10. The van der Waals surface area contributed by atoms with Gasteiger partial charge in [0.25, 0.3) is 0 Å². The Balaban J connectivity index is 1.45. The van der Waals surface area contributed by atoms with Crippen molar-refractivity contribution in [3.8, 4) is 0 Å². The molecule has 2 N–H and O–H groups in total. The lowest BCUT2D eigenvalue weighted by molar-refractivity contribution is 0.0982. The number of ketones is 1. The molecule has 7 heteroatoms. The van der Waals surface area contributed by atoms with Crippen LogP contribution in [0.15, 0.2) is 33.9 Å². The van der Waals surface area contributed by atoms with Crippen LogP contribution in [0.3, 0.4) is 0 Å². The van der Waals surface area contributed by atoms with Crippen LogP contribution in [0, 0.1) is 0 Å². The molecular formula is C15H17BrN4OS. The predicted octanol–water partition coefficient (Wildman–Crippen LogP) is 3.39. The van der Waals surface area contributed by atoms with Crippen molar-refractivity contribution in [3.05, 3.63) is 40.1 Å². The van der Waals surface area contributed by atoms with E-state index in [1.54, 1.807) is 16.4 Å². The van der Waals surface area contributed by atoms with E-state index in [9.17, 15) is 4.79 Å². The van der Waals surface area contributed by atoms with E-state index in [0.717, 1.165) is 46.0 Å². The van der Waals surface area contributed by atoms with E-state index < -0.39 is 0 Å².